The number of hydrogen-bond acceptors (Lipinski definition) is 4. The maximum absolute atomic E-state index is 11.9. The zero-order valence-electron chi connectivity index (χ0n) is 11.6. The van der Waals surface area contributed by atoms with Crippen LogP contribution in [0.4, 0.5) is 0 Å². The predicted octanol–water partition coefficient (Wildman–Crippen LogP) is 3.16. The number of carbonyl (C=O) groups is 1. The number of carbonyl (C=O) groups excluding carboxylic acids is 1. The average molecular weight is 282 g/mol. The number of benzene rings is 2. The monoisotopic (exact) mass is 282 g/mol. The summed E-state index contributed by atoms with van der Waals surface area (Å²) in [5.74, 6) is 1.69. The quantitative estimate of drug-likeness (QED) is 0.595. The fraction of sp³-hybridized carbons (Fsp3) is 0.235. The Balaban J connectivity index is 1.83. The van der Waals surface area contributed by atoms with Crippen LogP contribution in [0.25, 0.3) is 0 Å². The maximum Gasteiger partial charge on any atom is 0.312 e. The Bertz CT molecular complexity index is 718. The van der Waals surface area contributed by atoms with Crippen molar-refractivity contribution in [3.63, 3.8) is 0 Å². The van der Waals surface area contributed by atoms with Crippen molar-refractivity contribution in [1.82, 2.24) is 0 Å². The van der Waals surface area contributed by atoms with Crippen LogP contribution in [0.1, 0.15) is 29.0 Å². The molecule has 0 fully saturated rings. The van der Waals surface area contributed by atoms with Crippen LogP contribution in [0.3, 0.4) is 0 Å². The van der Waals surface area contributed by atoms with Crippen molar-refractivity contribution in [2.24, 2.45) is 0 Å². The first-order valence-electron chi connectivity index (χ1n) is 6.91. The van der Waals surface area contributed by atoms with Gasteiger partial charge >= 0.3 is 5.97 Å². The number of esters is 1. The van der Waals surface area contributed by atoms with Crippen LogP contribution in [0, 0.1) is 6.92 Å². The van der Waals surface area contributed by atoms with Crippen molar-refractivity contribution in [3.8, 4) is 17.2 Å². The van der Waals surface area contributed by atoms with E-state index in [1.165, 1.54) is 5.56 Å². The summed E-state index contributed by atoms with van der Waals surface area (Å²) in [5.41, 5.74) is 3.28. The molecule has 4 heteroatoms. The minimum absolute atomic E-state index is 0.00338. The van der Waals surface area contributed by atoms with Gasteiger partial charge in [-0.3, -0.25) is 4.79 Å². The second-order valence-electron chi connectivity index (χ2n) is 5.38. The summed E-state index contributed by atoms with van der Waals surface area (Å²) in [6.45, 7) is 2.26. The van der Waals surface area contributed by atoms with Crippen LogP contribution in [-0.2, 0) is 4.79 Å². The molecule has 2 aliphatic rings. The summed E-state index contributed by atoms with van der Waals surface area (Å²) in [7, 11) is 0. The molecule has 0 amide bonds. The SMILES string of the molecule is Cc1ccc([C@@H]2CC(=O)Oc3cc4c(cc32)OCO4)cc1. The molecule has 2 aromatic carbocycles. The third-order valence-electron chi connectivity index (χ3n) is 3.95. The van der Waals surface area contributed by atoms with E-state index in [1.54, 1.807) is 6.07 Å². The molecule has 0 spiro atoms. The van der Waals surface area contributed by atoms with E-state index in [4.69, 9.17) is 14.2 Å². The van der Waals surface area contributed by atoms with Crippen LogP contribution < -0.4 is 14.2 Å². The van der Waals surface area contributed by atoms with Crippen molar-refractivity contribution in [3.05, 3.63) is 53.1 Å². The van der Waals surface area contributed by atoms with E-state index in [2.05, 4.69) is 24.3 Å². The van der Waals surface area contributed by atoms with E-state index in [-0.39, 0.29) is 18.7 Å². The van der Waals surface area contributed by atoms with Gasteiger partial charge < -0.3 is 14.2 Å². The number of ether oxygens (including phenoxy) is 3. The standard InChI is InChI=1S/C17H14O4/c1-10-2-4-11(5-3-10)12-7-17(18)21-14-8-16-15(6-13(12)14)19-9-20-16/h2-6,8,12H,7,9H2,1H3/t12-/m0/s1. The summed E-state index contributed by atoms with van der Waals surface area (Å²) >= 11 is 0. The first-order valence-corrected chi connectivity index (χ1v) is 6.91. The lowest BCUT2D eigenvalue weighted by atomic mass is 9.86. The molecule has 4 nitrogen and oxygen atoms in total. The van der Waals surface area contributed by atoms with Gasteiger partial charge in [0.15, 0.2) is 11.5 Å². The van der Waals surface area contributed by atoms with Crippen LogP contribution in [0.5, 0.6) is 17.2 Å². The van der Waals surface area contributed by atoms with E-state index in [0.717, 1.165) is 11.1 Å². The Labute approximate surface area is 122 Å². The van der Waals surface area contributed by atoms with E-state index in [0.29, 0.717) is 23.7 Å². The molecule has 2 aromatic rings. The van der Waals surface area contributed by atoms with E-state index < -0.39 is 0 Å². The first-order chi connectivity index (χ1) is 10.2. The second-order valence-corrected chi connectivity index (χ2v) is 5.38. The van der Waals surface area contributed by atoms with Crippen molar-refractivity contribution in [1.29, 1.82) is 0 Å². The number of aryl methyl sites for hydroxylation is 1. The molecule has 0 unspecified atom stereocenters. The van der Waals surface area contributed by atoms with Gasteiger partial charge in [-0.05, 0) is 18.6 Å². The van der Waals surface area contributed by atoms with Gasteiger partial charge in [0.05, 0.1) is 6.42 Å². The highest BCUT2D eigenvalue weighted by atomic mass is 16.7. The average Bonchev–Trinajstić information content (AvgIpc) is 2.92. The third-order valence-corrected chi connectivity index (χ3v) is 3.95. The van der Waals surface area contributed by atoms with Gasteiger partial charge in [0.25, 0.3) is 0 Å². The van der Waals surface area contributed by atoms with Crippen molar-refractivity contribution in [2.45, 2.75) is 19.3 Å². The van der Waals surface area contributed by atoms with Crippen molar-refractivity contribution >= 4 is 5.97 Å². The molecule has 2 aliphatic heterocycles. The molecule has 0 saturated carbocycles. The summed E-state index contributed by atoms with van der Waals surface area (Å²) in [6, 6.07) is 11.9. The Morgan fingerprint density at radius 1 is 1.00 bits per heavy atom. The fourth-order valence-electron chi connectivity index (χ4n) is 2.84. The molecule has 0 bridgehead atoms. The van der Waals surface area contributed by atoms with E-state index >= 15 is 0 Å². The molecule has 0 N–H and O–H groups in total. The summed E-state index contributed by atoms with van der Waals surface area (Å²) in [5, 5.41) is 0. The Hall–Kier alpha value is -2.49. The highest BCUT2D eigenvalue weighted by Gasteiger charge is 2.31. The Morgan fingerprint density at radius 2 is 1.71 bits per heavy atom. The van der Waals surface area contributed by atoms with Gasteiger partial charge in [-0.2, -0.15) is 0 Å². The smallest absolute Gasteiger partial charge is 0.312 e. The topological polar surface area (TPSA) is 44.8 Å². The highest BCUT2D eigenvalue weighted by molar-refractivity contribution is 5.78. The lowest BCUT2D eigenvalue weighted by Gasteiger charge is -2.25. The predicted molar refractivity (Wildman–Crippen MR) is 75.8 cm³/mol. The van der Waals surface area contributed by atoms with Gasteiger partial charge in [0.1, 0.15) is 5.75 Å². The van der Waals surface area contributed by atoms with Gasteiger partial charge in [-0.15, -0.1) is 0 Å². The number of rotatable bonds is 1. The van der Waals surface area contributed by atoms with Crippen molar-refractivity contribution < 1.29 is 19.0 Å². The number of fused-ring (bicyclic) bond motifs is 2. The zero-order chi connectivity index (χ0) is 14.4. The van der Waals surface area contributed by atoms with Gasteiger partial charge in [-0.1, -0.05) is 29.8 Å². The van der Waals surface area contributed by atoms with Gasteiger partial charge in [0, 0.05) is 17.5 Å². The van der Waals surface area contributed by atoms with Crippen LogP contribution in [0.15, 0.2) is 36.4 Å². The molecule has 0 radical (unpaired) electrons. The third kappa shape index (κ3) is 2.03. The molecule has 2 heterocycles. The molecular formula is C17H14O4. The second kappa shape index (κ2) is 4.52. The van der Waals surface area contributed by atoms with Crippen LogP contribution >= 0.6 is 0 Å². The highest BCUT2D eigenvalue weighted by Crippen LogP contribution is 2.45. The molecule has 0 aromatic heterocycles. The molecule has 0 saturated heterocycles. The number of hydrogen-bond donors (Lipinski definition) is 0. The lowest BCUT2D eigenvalue weighted by Crippen LogP contribution is -2.20. The minimum Gasteiger partial charge on any atom is -0.454 e. The lowest BCUT2D eigenvalue weighted by molar-refractivity contribution is -0.135. The molecule has 4 rings (SSSR count). The van der Waals surface area contributed by atoms with Crippen LogP contribution in [0.2, 0.25) is 0 Å². The Kier molecular flexibility index (Phi) is 2.64. The molecular weight excluding hydrogens is 268 g/mol. The Morgan fingerprint density at radius 3 is 2.48 bits per heavy atom. The fourth-order valence-corrected chi connectivity index (χ4v) is 2.84. The molecule has 21 heavy (non-hydrogen) atoms. The summed E-state index contributed by atoms with van der Waals surface area (Å²) in [4.78, 5) is 11.9. The summed E-state index contributed by atoms with van der Waals surface area (Å²) in [6.07, 6.45) is 0.343. The molecule has 1 atom stereocenters. The largest absolute Gasteiger partial charge is 0.454 e. The molecule has 0 aliphatic carbocycles. The normalized spacial score (nSPS) is 19.1. The van der Waals surface area contributed by atoms with E-state index in [1.807, 2.05) is 13.0 Å². The van der Waals surface area contributed by atoms with Crippen molar-refractivity contribution in [2.75, 3.05) is 6.79 Å². The zero-order valence-corrected chi connectivity index (χ0v) is 11.6. The van der Waals surface area contributed by atoms with Gasteiger partial charge in [-0.25, -0.2) is 0 Å². The maximum atomic E-state index is 11.9. The summed E-state index contributed by atoms with van der Waals surface area (Å²) < 4.78 is 16.1. The van der Waals surface area contributed by atoms with Gasteiger partial charge in [0.2, 0.25) is 6.79 Å². The first kappa shape index (κ1) is 12.3. The minimum atomic E-state index is -0.216. The van der Waals surface area contributed by atoms with Crippen LogP contribution in [-0.4, -0.2) is 12.8 Å². The molecule has 106 valence electrons. The van der Waals surface area contributed by atoms with E-state index in [9.17, 15) is 4.79 Å².